The van der Waals surface area contributed by atoms with E-state index in [2.05, 4.69) is 41.5 Å². The molecule has 3 heteroatoms. The van der Waals surface area contributed by atoms with Crippen molar-refractivity contribution in [3.63, 3.8) is 0 Å². The van der Waals surface area contributed by atoms with Crippen LogP contribution in [0.4, 0.5) is 0 Å². The molecule has 1 atom stereocenters. The maximum absolute atomic E-state index is 11.3. The number of hydrogen-bond donors (Lipinski definition) is 1. The maximum atomic E-state index is 11.3. The van der Waals surface area contributed by atoms with Crippen molar-refractivity contribution >= 4 is 11.7 Å². The number of amides is 1. The number of Topliss-reactive ketones (excluding diaryl/α,β-unsaturated/α-hetero) is 1. The van der Waals surface area contributed by atoms with Gasteiger partial charge < -0.3 is 5.73 Å². The van der Waals surface area contributed by atoms with Gasteiger partial charge in [-0.15, -0.1) is 0 Å². The van der Waals surface area contributed by atoms with E-state index < -0.39 is 0 Å². The first-order chi connectivity index (χ1) is 8.91. The second-order valence-corrected chi connectivity index (χ2v) is 8.35. The Morgan fingerprint density at radius 3 is 1.95 bits per heavy atom. The van der Waals surface area contributed by atoms with Gasteiger partial charge in [0, 0.05) is 18.8 Å². The highest BCUT2D eigenvalue weighted by Crippen LogP contribution is 2.32. The van der Waals surface area contributed by atoms with Gasteiger partial charge in [0.15, 0.2) is 0 Å². The zero-order chi connectivity index (χ0) is 16.0. The SMILES string of the molecule is CC(C)(C)CC1CCCC1=O.CC(C)(C)CCC(N)=O. The van der Waals surface area contributed by atoms with Crippen LogP contribution in [0.25, 0.3) is 0 Å². The average molecular weight is 283 g/mol. The summed E-state index contributed by atoms with van der Waals surface area (Å²) in [6.07, 6.45) is 5.55. The number of carbonyl (C=O) groups is 2. The highest BCUT2D eigenvalue weighted by Gasteiger charge is 2.28. The zero-order valence-electron chi connectivity index (χ0n) is 14.2. The molecule has 0 aromatic rings. The molecule has 0 bridgehead atoms. The molecule has 1 fully saturated rings. The Morgan fingerprint density at radius 2 is 1.70 bits per heavy atom. The smallest absolute Gasteiger partial charge is 0.217 e. The molecular formula is C17H33NO2. The summed E-state index contributed by atoms with van der Waals surface area (Å²) in [4.78, 5) is 21.5. The molecule has 0 aromatic carbocycles. The third-order valence-corrected chi connectivity index (χ3v) is 3.41. The number of hydrogen-bond acceptors (Lipinski definition) is 2. The molecule has 3 nitrogen and oxygen atoms in total. The minimum Gasteiger partial charge on any atom is -0.370 e. The van der Waals surface area contributed by atoms with Crippen molar-refractivity contribution in [3.05, 3.63) is 0 Å². The first-order valence-corrected chi connectivity index (χ1v) is 7.72. The quantitative estimate of drug-likeness (QED) is 0.848. The minimum atomic E-state index is -0.204. The zero-order valence-corrected chi connectivity index (χ0v) is 14.2. The van der Waals surface area contributed by atoms with E-state index >= 15 is 0 Å². The molecule has 0 heterocycles. The highest BCUT2D eigenvalue weighted by molar-refractivity contribution is 5.82. The van der Waals surface area contributed by atoms with Gasteiger partial charge in [-0.3, -0.25) is 9.59 Å². The molecule has 0 spiro atoms. The van der Waals surface area contributed by atoms with Crippen molar-refractivity contribution in [1.29, 1.82) is 0 Å². The normalized spacial score (nSPS) is 19.5. The summed E-state index contributed by atoms with van der Waals surface area (Å²) >= 11 is 0. The Hall–Kier alpha value is -0.860. The van der Waals surface area contributed by atoms with Gasteiger partial charge in [0.2, 0.25) is 5.91 Å². The van der Waals surface area contributed by atoms with Crippen LogP contribution in [-0.4, -0.2) is 11.7 Å². The molecule has 1 amide bonds. The second kappa shape index (κ2) is 7.80. The summed E-state index contributed by atoms with van der Waals surface area (Å²) < 4.78 is 0. The van der Waals surface area contributed by atoms with Gasteiger partial charge in [0.1, 0.15) is 5.78 Å². The lowest BCUT2D eigenvalue weighted by atomic mass is 9.84. The van der Waals surface area contributed by atoms with Crippen LogP contribution in [0.3, 0.4) is 0 Å². The highest BCUT2D eigenvalue weighted by atomic mass is 16.1. The number of ketones is 1. The Balaban J connectivity index is 0.000000370. The van der Waals surface area contributed by atoms with E-state index in [-0.39, 0.29) is 11.3 Å². The van der Waals surface area contributed by atoms with E-state index in [1.807, 2.05) is 0 Å². The predicted octanol–water partition coefficient (Wildman–Crippen LogP) is 4.09. The molecule has 2 N–H and O–H groups in total. The van der Waals surface area contributed by atoms with Crippen molar-refractivity contribution in [3.8, 4) is 0 Å². The van der Waals surface area contributed by atoms with Crippen LogP contribution in [0.1, 0.15) is 80.1 Å². The Labute approximate surface area is 124 Å². The number of primary amides is 1. The van der Waals surface area contributed by atoms with Crippen molar-refractivity contribution < 1.29 is 9.59 Å². The molecule has 1 rings (SSSR count). The molecule has 1 unspecified atom stereocenters. The van der Waals surface area contributed by atoms with Gasteiger partial charge >= 0.3 is 0 Å². The molecule has 1 aliphatic carbocycles. The van der Waals surface area contributed by atoms with Gasteiger partial charge in [-0.1, -0.05) is 41.5 Å². The van der Waals surface area contributed by atoms with Gasteiger partial charge in [0.05, 0.1) is 0 Å². The fraction of sp³-hybridized carbons (Fsp3) is 0.882. The first kappa shape index (κ1) is 19.1. The maximum Gasteiger partial charge on any atom is 0.217 e. The monoisotopic (exact) mass is 283 g/mol. The minimum absolute atomic E-state index is 0.204. The summed E-state index contributed by atoms with van der Waals surface area (Å²) in [5.74, 6) is 0.680. The molecule has 0 aromatic heterocycles. The second-order valence-electron chi connectivity index (χ2n) is 8.35. The molecule has 20 heavy (non-hydrogen) atoms. The largest absolute Gasteiger partial charge is 0.370 e. The van der Waals surface area contributed by atoms with Gasteiger partial charge in [-0.25, -0.2) is 0 Å². The molecule has 0 saturated heterocycles. The fourth-order valence-electron chi connectivity index (χ4n) is 2.34. The Bertz CT molecular complexity index is 321. The lowest BCUT2D eigenvalue weighted by Crippen LogP contribution is -2.16. The fourth-order valence-corrected chi connectivity index (χ4v) is 2.34. The van der Waals surface area contributed by atoms with Crippen molar-refractivity contribution in [2.75, 3.05) is 0 Å². The third kappa shape index (κ3) is 11.0. The Morgan fingerprint density at radius 1 is 1.15 bits per heavy atom. The summed E-state index contributed by atoms with van der Waals surface area (Å²) in [6, 6.07) is 0. The molecule has 0 radical (unpaired) electrons. The number of carbonyl (C=O) groups excluding carboxylic acids is 2. The average Bonchev–Trinajstić information content (AvgIpc) is 2.59. The topological polar surface area (TPSA) is 60.2 Å². The lowest BCUT2D eigenvalue weighted by Gasteiger charge is -2.21. The third-order valence-electron chi connectivity index (χ3n) is 3.41. The summed E-state index contributed by atoms with van der Waals surface area (Å²) in [5.41, 5.74) is 5.52. The van der Waals surface area contributed by atoms with Crippen LogP contribution in [0.15, 0.2) is 0 Å². The van der Waals surface area contributed by atoms with E-state index in [0.29, 0.717) is 23.5 Å². The van der Waals surface area contributed by atoms with E-state index in [9.17, 15) is 9.59 Å². The van der Waals surface area contributed by atoms with E-state index in [1.54, 1.807) is 0 Å². The van der Waals surface area contributed by atoms with Gasteiger partial charge in [0.25, 0.3) is 0 Å². The molecule has 0 aliphatic heterocycles. The van der Waals surface area contributed by atoms with Crippen LogP contribution in [0.2, 0.25) is 0 Å². The lowest BCUT2D eigenvalue weighted by molar-refractivity contribution is -0.121. The predicted molar refractivity (Wildman–Crippen MR) is 84.3 cm³/mol. The molecular weight excluding hydrogens is 250 g/mol. The standard InChI is InChI=1S/C10H18O.C7H15NO/c1-10(2,3)7-8-5-4-6-9(8)11;1-7(2,3)5-4-6(8)9/h8H,4-7H2,1-3H3;4-5H2,1-3H3,(H2,8,9). The summed E-state index contributed by atoms with van der Waals surface area (Å²) in [6.45, 7) is 12.9. The molecule has 118 valence electrons. The molecule has 1 aliphatic rings. The Kier molecular flexibility index (Phi) is 7.46. The van der Waals surface area contributed by atoms with Crippen LogP contribution in [-0.2, 0) is 9.59 Å². The van der Waals surface area contributed by atoms with Gasteiger partial charge in [-0.2, -0.15) is 0 Å². The summed E-state index contributed by atoms with van der Waals surface area (Å²) in [7, 11) is 0. The van der Waals surface area contributed by atoms with Crippen molar-refractivity contribution in [2.45, 2.75) is 80.1 Å². The van der Waals surface area contributed by atoms with E-state index in [4.69, 9.17) is 5.73 Å². The van der Waals surface area contributed by atoms with Crippen LogP contribution < -0.4 is 5.73 Å². The summed E-state index contributed by atoms with van der Waals surface area (Å²) in [5, 5.41) is 0. The van der Waals surface area contributed by atoms with E-state index in [0.717, 1.165) is 32.1 Å². The number of rotatable bonds is 3. The van der Waals surface area contributed by atoms with Crippen LogP contribution in [0, 0.1) is 16.7 Å². The van der Waals surface area contributed by atoms with Crippen molar-refractivity contribution in [2.24, 2.45) is 22.5 Å². The van der Waals surface area contributed by atoms with Crippen LogP contribution >= 0.6 is 0 Å². The van der Waals surface area contributed by atoms with E-state index in [1.165, 1.54) is 0 Å². The molecule has 1 saturated carbocycles. The van der Waals surface area contributed by atoms with Gasteiger partial charge in [-0.05, 0) is 36.5 Å². The first-order valence-electron chi connectivity index (χ1n) is 7.72. The van der Waals surface area contributed by atoms with Crippen molar-refractivity contribution in [1.82, 2.24) is 0 Å². The number of nitrogens with two attached hydrogens (primary N) is 1. The van der Waals surface area contributed by atoms with Crippen LogP contribution in [0.5, 0.6) is 0 Å².